The number of fused-ring (bicyclic) bond motifs is 1. The predicted octanol–water partition coefficient (Wildman–Crippen LogP) is 0.980. The number of carbonyl (C=O) groups excluding carboxylic acids is 2. The van der Waals surface area contributed by atoms with E-state index in [-0.39, 0.29) is 25.9 Å². The first-order valence-electron chi connectivity index (χ1n) is 10.6. The summed E-state index contributed by atoms with van der Waals surface area (Å²) >= 11 is 0. The number of rotatable bonds is 6. The second kappa shape index (κ2) is 8.80. The second-order valence-electron chi connectivity index (χ2n) is 8.94. The molecule has 1 amide bonds. The molecule has 0 saturated carbocycles. The van der Waals surface area contributed by atoms with E-state index in [1.807, 2.05) is 13.8 Å². The third kappa shape index (κ3) is 4.76. The molecular formula is C22H27N5O7S. The number of H-pyrrole nitrogens is 1. The maximum atomic E-state index is 13.5. The molecule has 0 aliphatic rings. The highest BCUT2D eigenvalue weighted by molar-refractivity contribution is 7.92. The van der Waals surface area contributed by atoms with Crippen molar-refractivity contribution in [1.82, 2.24) is 19.4 Å². The lowest BCUT2D eigenvalue weighted by molar-refractivity contribution is -0.161. The SMILES string of the molecule is CC(=O)OC(C)(C)C(=O)N(n1c(=O)[nH]c2cc(C(C)C)c(-c3ccnn3C)cc2c1=O)S(C)(=O)=O. The zero-order valence-corrected chi connectivity index (χ0v) is 21.3. The van der Waals surface area contributed by atoms with Gasteiger partial charge < -0.3 is 9.72 Å². The molecule has 13 heteroatoms. The molecule has 2 aromatic heterocycles. The van der Waals surface area contributed by atoms with Crippen LogP contribution in [-0.4, -0.2) is 51.6 Å². The Hall–Kier alpha value is -3.74. The number of carbonyl (C=O) groups is 2. The Bertz CT molecular complexity index is 1560. The Kier molecular flexibility index (Phi) is 6.51. The minimum atomic E-state index is -4.51. The molecule has 0 radical (unpaired) electrons. The maximum absolute atomic E-state index is 13.5. The smallest absolute Gasteiger partial charge is 0.349 e. The third-order valence-electron chi connectivity index (χ3n) is 5.35. The number of aromatic nitrogens is 4. The number of hydrogen-bond acceptors (Lipinski definition) is 8. The van der Waals surface area contributed by atoms with Gasteiger partial charge in [0.1, 0.15) is 0 Å². The third-order valence-corrected chi connectivity index (χ3v) is 6.31. The molecule has 188 valence electrons. The number of nitrogens with zero attached hydrogens (tertiary/aromatic N) is 4. The first-order valence-corrected chi connectivity index (χ1v) is 12.5. The van der Waals surface area contributed by atoms with Crippen molar-refractivity contribution in [2.24, 2.45) is 7.05 Å². The molecule has 0 spiro atoms. The Balaban J connectivity index is 2.39. The van der Waals surface area contributed by atoms with Crippen LogP contribution in [0.15, 0.2) is 34.0 Å². The zero-order valence-electron chi connectivity index (χ0n) is 20.4. The van der Waals surface area contributed by atoms with Crippen LogP contribution in [0.5, 0.6) is 0 Å². The molecule has 35 heavy (non-hydrogen) atoms. The molecule has 2 heterocycles. The van der Waals surface area contributed by atoms with Crippen LogP contribution in [0, 0.1) is 0 Å². The molecular weight excluding hydrogens is 478 g/mol. The van der Waals surface area contributed by atoms with Gasteiger partial charge in [-0.3, -0.25) is 19.1 Å². The average molecular weight is 506 g/mol. The Labute approximate surface area is 201 Å². The van der Waals surface area contributed by atoms with Gasteiger partial charge in [-0.15, -0.1) is 9.09 Å². The van der Waals surface area contributed by atoms with E-state index in [9.17, 15) is 27.6 Å². The molecule has 3 rings (SSSR count). The summed E-state index contributed by atoms with van der Waals surface area (Å²) in [6.45, 7) is 7.25. The highest BCUT2D eigenvalue weighted by Crippen LogP contribution is 2.31. The normalized spacial score (nSPS) is 12.2. The van der Waals surface area contributed by atoms with Gasteiger partial charge in [-0.2, -0.15) is 5.10 Å². The van der Waals surface area contributed by atoms with Crippen LogP contribution < -0.4 is 15.7 Å². The van der Waals surface area contributed by atoms with Gasteiger partial charge in [0.25, 0.3) is 21.5 Å². The molecule has 12 nitrogen and oxygen atoms in total. The van der Waals surface area contributed by atoms with E-state index in [0.717, 1.165) is 26.3 Å². The van der Waals surface area contributed by atoms with Gasteiger partial charge >= 0.3 is 11.7 Å². The van der Waals surface area contributed by atoms with Gasteiger partial charge in [-0.1, -0.05) is 13.8 Å². The highest BCUT2D eigenvalue weighted by atomic mass is 32.2. The minimum absolute atomic E-state index is 0.00820. The molecule has 1 N–H and O–H groups in total. The van der Waals surface area contributed by atoms with Crippen molar-refractivity contribution in [3.8, 4) is 11.3 Å². The first-order chi connectivity index (χ1) is 16.1. The van der Waals surface area contributed by atoms with E-state index in [1.165, 1.54) is 6.07 Å². The fourth-order valence-electron chi connectivity index (χ4n) is 3.80. The molecule has 0 bridgehead atoms. The van der Waals surface area contributed by atoms with Crippen molar-refractivity contribution < 1.29 is 22.7 Å². The number of hydrogen-bond donors (Lipinski definition) is 1. The number of aryl methyl sites for hydroxylation is 1. The monoisotopic (exact) mass is 505 g/mol. The van der Waals surface area contributed by atoms with Crippen molar-refractivity contribution in [3.63, 3.8) is 0 Å². The minimum Gasteiger partial charge on any atom is -0.450 e. The van der Waals surface area contributed by atoms with E-state index < -0.39 is 38.7 Å². The van der Waals surface area contributed by atoms with E-state index in [1.54, 1.807) is 30.1 Å². The summed E-state index contributed by atoms with van der Waals surface area (Å²) in [5, 5.41) is 4.13. The number of nitrogens with one attached hydrogen (secondary N) is 1. The second-order valence-corrected chi connectivity index (χ2v) is 10.8. The number of amides is 1. The topological polar surface area (TPSA) is 153 Å². The number of ether oxygens (including phenoxy) is 1. The summed E-state index contributed by atoms with van der Waals surface area (Å²) in [6, 6.07) is 4.93. The van der Waals surface area contributed by atoms with E-state index in [2.05, 4.69) is 10.1 Å². The van der Waals surface area contributed by atoms with Crippen LogP contribution >= 0.6 is 0 Å². The number of sulfonamides is 1. The predicted molar refractivity (Wildman–Crippen MR) is 129 cm³/mol. The van der Waals surface area contributed by atoms with Gasteiger partial charge in [0.2, 0.25) is 0 Å². The maximum Gasteiger partial charge on any atom is 0.349 e. The first kappa shape index (κ1) is 25.9. The van der Waals surface area contributed by atoms with Crippen molar-refractivity contribution >= 4 is 32.8 Å². The molecule has 0 unspecified atom stereocenters. The molecule has 0 aliphatic heterocycles. The van der Waals surface area contributed by atoms with Crippen LogP contribution in [0.4, 0.5) is 0 Å². The van der Waals surface area contributed by atoms with Crippen LogP contribution in [0.1, 0.15) is 46.1 Å². The van der Waals surface area contributed by atoms with Crippen molar-refractivity contribution in [3.05, 3.63) is 50.8 Å². The summed E-state index contributed by atoms with van der Waals surface area (Å²) in [5.41, 5.74) is -1.84. The summed E-state index contributed by atoms with van der Waals surface area (Å²) < 4.78 is 32.1. The molecule has 3 aromatic rings. The van der Waals surface area contributed by atoms with Crippen LogP contribution in [-0.2, 0) is 31.4 Å². The fraction of sp³-hybridized carbons (Fsp3) is 0.409. The van der Waals surface area contributed by atoms with E-state index in [4.69, 9.17) is 4.74 Å². The molecule has 0 saturated heterocycles. The van der Waals surface area contributed by atoms with Crippen molar-refractivity contribution in [1.29, 1.82) is 0 Å². The van der Waals surface area contributed by atoms with Crippen LogP contribution in [0.25, 0.3) is 22.2 Å². The van der Waals surface area contributed by atoms with Gasteiger partial charge in [0, 0.05) is 25.7 Å². The molecule has 0 atom stereocenters. The number of benzene rings is 1. The summed E-state index contributed by atoms with van der Waals surface area (Å²) in [5.74, 6) is -2.14. The lowest BCUT2D eigenvalue weighted by Gasteiger charge is -2.29. The highest BCUT2D eigenvalue weighted by Gasteiger charge is 2.42. The standard InChI is InChI=1S/C22H27N5O7S/c1-12(2)14-11-17-16(10-15(14)18-8-9-23-25(18)6)19(29)26(21(31)24-17)27(35(7,32)33)20(30)22(4,5)34-13(3)28/h8-12H,1-7H3,(H,24,31). The van der Waals surface area contributed by atoms with E-state index in [0.29, 0.717) is 17.5 Å². The number of aromatic amines is 1. The zero-order chi connectivity index (χ0) is 26.5. The van der Waals surface area contributed by atoms with Crippen LogP contribution in [0.2, 0.25) is 0 Å². The van der Waals surface area contributed by atoms with Gasteiger partial charge in [0.05, 0.1) is 22.9 Å². The molecule has 1 aromatic carbocycles. The summed E-state index contributed by atoms with van der Waals surface area (Å²) in [4.78, 5) is 53.6. The summed E-state index contributed by atoms with van der Waals surface area (Å²) in [7, 11) is -2.78. The van der Waals surface area contributed by atoms with Crippen molar-refractivity contribution in [2.45, 2.75) is 46.1 Å². The average Bonchev–Trinajstić information content (AvgIpc) is 3.13. The quantitative estimate of drug-likeness (QED) is 0.487. The lowest BCUT2D eigenvalue weighted by atomic mass is 9.93. The van der Waals surface area contributed by atoms with Crippen LogP contribution in [0.3, 0.4) is 0 Å². The van der Waals surface area contributed by atoms with Gasteiger partial charge in [-0.05, 0) is 43.5 Å². The largest absolute Gasteiger partial charge is 0.450 e. The van der Waals surface area contributed by atoms with Gasteiger partial charge in [-0.25, -0.2) is 13.2 Å². The number of esters is 1. The fourth-order valence-corrected chi connectivity index (χ4v) is 4.76. The molecule has 0 fully saturated rings. The van der Waals surface area contributed by atoms with Crippen molar-refractivity contribution in [2.75, 3.05) is 10.7 Å². The lowest BCUT2D eigenvalue weighted by Crippen LogP contribution is -2.61. The Morgan fingerprint density at radius 3 is 2.31 bits per heavy atom. The Morgan fingerprint density at radius 2 is 1.83 bits per heavy atom. The molecule has 0 aliphatic carbocycles. The van der Waals surface area contributed by atoms with Gasteiger partial charge in [0.15, 0.2) is 5.60 Å². The van der Waals surface area contributed by atoms with E-state index >= 15 is 0 Å². The Morgan fingerprint density at radius 1 is 1.20 bits per heavy atom. The summed E-state index contributed by atoms with van der Waals surface area (Å²) in [6.07, 6.45) is 2.25.